The van der Waals surface area contributed by atoms with Crippen molar-refractivity contribution in [1.29, 1.82) is 0 Å². The van der Waals surface area contributed by atoms with E-state index in [0.717, 1.165) is 0 Å². The number of benzene rings is 1. The summed E-state index contributed by atoms with van der Waals surface area (Å²) in [6.45, 7) is 1.66. The smallest absolute Gasteiger partial charge is 0.237 e. The van der Waals surface area contributed by atoms with Crippen LogP contribution in [0, 0.1) is 12.7 Å². The van der Waals surface area contributed by atoms with Crippen molar-refractivity contribution in [2.24, 2.45) is 5.73 Å². The second-order valence-corrected chi connectivity index (χ2v) is 3.16. The summed E-state index contributed by atoms with van der Waals surface area (Å²) in [5, 5.41) is 7.40. The molecular weight excluding hydrogens is 197 g/mol. The fraction of sp³-hybridized carbons (Fsp3) is 0.200. The molecule has 2 aromatic rings. The molecule has 15 heavy (non-hydrogen) atoms. The Morgan fingerprint density at radius 2 is 2.07 bits per heavy atom. The molecule has 0 bridgehead atoms. The molecule has 1 aromatic carbocycles. The standard InChI is InChI=1S/C10H10FN3O/c1-6-13-14-10(15-6)9(12)7-4-2-3-5-8(7)11/h2-5,9H,12H2,1H3. The van der Waals surface area contributed by atoms with Gasteiger partial charge in [-0.15, -0.1) is 10.2 Å². The van der Waals surface area contributed by atoms with E-state index < -0.39 is 6.04 Å². The molecule has 5 heteroatoms. The molecular formula is C10H10FN3O. The molecule has 78 valence electrons. The molecule has 0 amide bonds. The highest BCUT2D eigenvalue weighted by Gasteiger charge is 2.18. The number of rotatable bonds is 2. The third-order valence-electron chi connectivity index (χ3n) is 2.05. The number of halogens is 1. The molecule has 0 saturated heterocycles. The first-order valence-corrected chi connectivity index (χ1v) is 4.48. The van der Waals surface area contributed by atoms with E-state index in [1.54, 1.807) is 25.1 Å². The van der Waals surface area contributed by atoms with Gasteiger partial charge in [0.15, 0.2) is 0 Å². The topological polar surface area (TPSA) is 64.9 Å². The minimum absolute atomic E-state index is 0.220. The minimum atomic E-state index is -0.715. The maximum absolute atomic E-state index is 13.4. The molecule has 0 saturated carbocycles. The molecule has 1 unspecified atom stereocenters. The van der Waals surface area contributed by atoms with Crippen LogP contribution in [0.1, 0.15) is 23.4 Å². The molecule has 0 aliphatic rings. The van der Waals surface area contributed by atoms with Crippen molar-refractivity contribution in [3.63, 3.8) is 0 Å². The number of nitrogens with two attached hydrogens (primary N) is 1. The van der Waals surface area contributed by atoms with Crippen molar-refractivity contribution in [1.82, 2.24) is 10.2 Å². The van der Waals surface area contributed by atoms with Crippen LogP contribution in [0.4, 0.5) is 4.39 Å². The van der Waals surface area contributed by atoms with E-state index in [0.29, 0.717) is 11.5 Å². The molecule has 1 aromatic heterocycles. The van der Waals surface area contributed by atoms with Crippen molar-refractivity contribution in [3.05, 3.63) is 47.4 Å². The second-order valence-electron chi connectivity index (χ2n) is 3.16. The van der Waals surface area contributed by atoms with Gasteiger partial charge in [0.05, 0.1) is 0 Å². The van der Waals surface area contributed by atoms with E-state index in [9.17, 15) is 4.39 Å². The van der Waals surface area contributed by atoms with Crippen LogP contribution in [0.15, 0.2) is 28.7 Å². The lowest BCUT2D eigenvalue weighted by molar-refractivity contribution is 0.444. The summed E-state index contributed by atoms with van der Waals surface area (Å²) in [6.07, 6.45) is 0. The monoisotopic (exact) mass is 207 g/mol. The highest BCUT2D eigenvalue weighted by Crippen LogP contribution is 2.20. The average molecular weight is 207 g/mol. The lowest BCUT2D eigenvalue weighted by Crippen LogP contribution is -2.13. The van der Waals surface area contributed by atoms with Gasteiger partial charge in [-0.05, 0) is 6.07 Å². The maximum atomic E-state index is 13.4. The third-order valence-corrected chi connectivity index (χ3v) is 2.05. The summed E-state index contributed by atoms with van der Waals surface area (Å²) in [6, 6.07) is 5.54. The van der Waals surface area contributed by atoms with E-state index in [2.05, 4.69) is 10.2 Å². The largest absolute Gasteiger partial charge is 0.424 e. The van der Waals surface area contributed by atoms with Gasteiger partial charge in [-0.25, -0.2) is 4.39 Å². The van der Waals surface area contributed by atoms with Crippen LogP contribution < -0.4 is 5.73 Å². The highest BCUT2D eigenvalue weighted by atomic mass is 19.1. The Labute approximate surface area is 85.9 Å². The Morgan fingerprint density at radius 3 is 2.67 bits per heavy atom. The van der Waals surface area contributed by atoms with E-state index in [1.807, 2.05) is 0 Å². The Kier molecular flexibility index (Phi) is 2.47. The molecule has 0 radical (unpaired) electrons. The molecule has 0 aliphatic heterocycles. The third kappa shape index (κ3) is 1.87. The number of hydrogen-bond donors (Lipinski definition) is 1. The van der Waals surface area contributed by atoms with Crippen molar-refractivity contribution >= 4 is 0 Å². The summed E-state index contributed by atoms with van der Waals surface area (Å²) in [7, 11) is 0. The lowest BCUT2D eigenvalue weighted by Gasteiger charge is -2.07. The number of nitrogens with zero attached hydrogens (tertiary/aromatic N) is 2. The first-order valence-electron chi connectivity index (χ1n) is 4.48. The highest BCUT2D eigenvalue weighted by molar-refractivity contribution is 5.24. The Morgan fingerprint density at radius 1 is 1.33 bits per heavy atom. The number of aromatic nitrogens is 2. The van der Waals surface area contributed by atoms with Crippen LogP contribution >= 0.6 is 0 Å². The summed E-state index contributed by atoms with van der Waals surface area (Å²) in [4.78, 5) is 0. The van der Waals surface area contributed by atoms with E-state index >= 15 is 0 Å². The van der Waals surface area contributed by atoms with Gasteiger partial charge in [0, 0.05) is 12.5 Å². The molecule has 4 nitrogen and oxygen atoms in total. The summed E-state index contributed by atoms with van der Waals surface area (Å²) in [5.74, 6) is 0.259. The zero-order chi connectivity index (χ0) is 10.8. The Hall–Kier alpha value is -1.75. The molecule has 1 atom stereocenters. The second kappa shape index (κ2) is 3.78. The van der Waals surface area contributed by atoms with Crippen molar-refractivity contribution in [2.45, 2.75) is 13.0 Å². The van der Waals surface area contributed by atoms with Crippen molar-refractivity contribution in [3.8, 4) is 0 Å². The van der Waals surface area contributed by atoms with Crippen LogP contribution in [-0.2, 0) is 0 Å². The summed E-state index contributed by atoms with van der Waals surface area (Å²) < 4.78 is 18.5. The number of aryl methyl sites for hydroxylation is 1. The first kappa shape index (κ1) is 9.79. The minimum Gasteiger partial charge on any atom is -0.424 e. The van der Waals surface area contributed by atoms with Crippen molar-refractivity contribution in [2.75, 3.05) is 0 Å². The zero-order valence-corrected chi connectivity index (χ0v) is 8.14. The molecule has 2 N–H and O–H groups in total. The Balaban J connectivity index is 2.36. The SMILES string of the molecule is Cc1nnc(C(N)c2ccccc2F)o1. The molecule has 1 heterocycles. The molecule has 2 rings (SSSR count). The van der Waals surface area contributed by atoms with Crippen molar-refractivity contribution < 1.29 is 8.81 Å². The van der Waals surface area contributed by atoms with Gasteiger partial charge in [0.1, 0.15) is 11.9 Å². The predicted octanol–water partition coefficient (Wildman–Crippen LogP) is 1.57. The summed E-state index contributed by atoms with van der Waals surface area (Å²) in [5.41, 5.74) is 6.14. The van der Waals surface area contributed by atoms with Crippen LogP contribution in [0.3, 0.4) is 0 Å². The normalized spacial score (nSPS) is 12.7. The zero-order valence-electron chi connectivity index (χ0n) is 8.14. The predicted molar refractivity (Wildman–Crippen MR) is 51.5 cm³/mol. The van der Waals surface area contributed by atoms with Gasteiger partial charge in [-0.2, -0.15) is 0 Å². The fourth-order valence-electron chi connectivity index (χ4n) is 1.30. The van der Waals surface area contributed by atoms with Gasteiger partial charge < -0.3 is 10.2 Å². The van der Waals surface area contributed by atoms with E-state index in [-0.39, 0.29) is 11.7 Å². The van der Waals surface area contributed by atoms with Crippen LogP contribution in [0.25, 0.3) is 0 Å². The van der Waals surface area contributed by atoms with E-state index in [4.69, 9.17) is 10.2 Å². The first-order chi connectivity index (χ1) is 7.18. The van der Waals surface area contributed by atoms with Crippen LogP contribution in [0.2, 0.25) is 0 Å². The van der Waals surface area contributed by atoms with Gasteiger partial charge in [0.2, 0.25) is 11.8 Å². The maximum Gasteiger partial charge on any atom is 0.237 e. The number of hydrogen-bond acceptors (Lipinski definition) is 4. The van der Waals surface area contributed by atoms with Gasteiger partial charge in [-0.1, -0.05) is 18.2 Å². The van der Waals surface area contributed by atoms with Gasteiger partial charge in [0.25, 0.3) is 0 Å². The van der Waals surface area contributed by atoms with Crippen LogP contribution in [0.5, 0.6) is 0 Å². The lowest BCUT2D eigenvalue weighted by atomic mass is 10.1. The molecule has 0 spiro atoms. The van der Waals surface area contributed by atoms with Crippen LogP contribution in [-0.4, -0.2) is 10.2 Å². The molecule has 0 fully saturated rings. The molecule has 0 aliphatic carbocycles. The fourth-order valence-corrected chi connectivity index (χ4v) is 1.30. The van der Waals surface area contributed by atoms with Gasteiger partial charge in [-0.3, -0.25) is 0 Å². The van der Waals surface area contributed by atoms with E-state index in [1.165, 1.54) is 6.07 Å². The quantitative estimate of drug-likeness (QED) is 0.811. The summed E-state index contributed by atoms with van der Waals surface area (Å²) >= 11 is 0. The Bertz CT molecular complexity index is 469. The average Bonchev–Trinajstić information content (AvgIpc) is 2.65. The van der Waals surface area contributed by atoms with Gasteiger partial charge >= 0.3 is 0 Å².